The van der Waals surface area contributed by atoms with E-state index in [9.17, 15) is 0 Å². The molecule has 0 radical (unpaired) electrons. The van der Waals surface area contributed by atoms with Gasteiger partial charge in [-0.1, -0.05) is 60.1 Å². The number of rotatable bonds is 14. The van der Waals surface area contributed by atoms with Gasteiger partial charge in [0.25, 0.3) is 0 Å². The standard InChI is InChI=1S/C30H38N2O4.ClH/c1-3-13-29(14-4-1)35-27-11-25-33-23-9-7-17-31-19-21-32(22-20-31)18-8-10-24-34-26-12-28-36-30-15-5-2-6-16-30;/h1-6,13-16H,11-12,17-28H2;1H. The van der Waals surface area contributed by atoms with E-state index in [0.717, 1.165) is 63.6 Å². The van der Waals surface area contributed by atoms with Crippen LogP contribution in [0, 0.1) is 23.7 Å². The highest BCUT2D eigenvalue weighted by molar-refractivity contribution is 5.85. The highest BCUT2D eigenvalue weighted by Crippen LogP contribution is 2.09. The van der Waals surface area contributed by atoms with Crippen LogP contribution in [0.5, 0.6) is 11.5 Å². The number of ether oxygens (including phenoxy) is 4. The average Bonchev–Trinajstić information content (AvgIpc) is 2.93. The number of halogens is 1. The second-order valence-electron chi connectivity index (χ2n) is 8.39. The maximum atomic E-state index is 5.64. The fourth-order valence-corrected chi connectivity index (χ4v) is 3.52. The largest absolute Gasteiger partial charge is 0.494 e. The maximum Gasteiger partial charge on any atom is 0.119 e. The summed E-state index contributed by atoms with van der Waals surface area (Å²) < 4.78 is 22.4. The van der Waals surface area contributed by atoms with Crippen LogP contribution < -0.4 is 9.47 Å². The summed E-state index contributed by atoms with van der Waals surface area (Å²) in [5, 5.41) is 0. The molecule has 0 atom stereocenters. The van der Waals surface area contributed by atoms with Crippen molar-refractivity contribution in [1.29, 1.82) is 0 Å². The molecule has 1 heterocycles. The predicted molar refractivity (Wildman–Crippen MR) is 150 cm³/mol. The van der Waals surface area contributed by atoms with Crippen LogP contribution in [0.15, 0.2) is 60.7 Å². The van der Waals surface area contributed by atoms with Gasteiger partial charge in [-0.25, -0.2) is 0 Å². The van der Waals surface area contributed by atoms with Crippen molar-refractivity contribution in [1.82, 2.24) is 9.80 Å². The second kappa shape index (κ2) is 20.4. The number of hydrogen-bond acceptors (Lipinski definition) is 6. The minimum Gasteiger partial charge on any atom is -0.494 e. The third kappa shape index (κ3) is 14.6. The van der Waals surface area contributed by atoms with Crippen molar-refractivity contribution in [2.45, 2.75) is 12.8 Å². The quantitative estimate of drug-likeness (QED) is 0.274. The summed E-state index contributed by atoms with van der Waals surface area (Å²) in [5.74, 6) is 14.5. The van der Waals surface area contributed by atoms with E-state index in [4.69, 9.17) is 18.9 Å². The van der Waals surface area contributed by atoms with Crippen LogP contribution in [0.1, 0.15) is 12.8 Å². The number of nitrogens with zero attached hydrogens (tertiary/aromatic N) is 2. The van der Waals surface area contributed by atoms with Gasteiger partial charge in [-0.3, -0.25) is 9.80 Å². The first-order valence-electron chi connectivity index (χ1n) is 12.8. The molecular formula is C30H39ClN2O4. The Balaban J connectivity index is 0.00000481. The van der Waals surface area contributed by atoms with E-state index in [2.05, 4.69) is 33.5 Å². The summed E-state index contributed by atoms with van der Waals surface area (Å²) in [5.41, 5.74) is 0. The van der Waals surface area contributed by atoms with Gasteiger partial charge < -0.3 is 18.9 Å². The molecule has 1 aliphatic rings. The Hall–Kier alpha value is -2.71. The summed E-state index contributed by atoms with van der Waals surface area (Å²) in [6.45, 7) is 9.25. The molecule has 6 nitrogen and oxygen atoms in total. The lowest BCUT2D eigenvalue weighted by atomic mass is 10.3. The van der Waals surface area contributed by atoms with Crippen molar-refractivity contribution in [3.8, 4) is 35.2 Å². The average molecular weight is 527 g/mol. The van der Waals surface area contributed by atoms with Crippen LogP contribution in [0.3, 0.4) is 0 Å². The van der Waals surface area contributed by atoms with Gasteiger partial charge in [-0.2, -0.15) is 0 Å². The molecule has 7 heteroatoms. The fourth-order valence-electron chi connectivity index (χ4n) is 3.52. The summed E-state index contributed by atoms with van der Waals surface area (Å²) >= 11 is 0. The van der Waals surface area contributed by atoms with Gasteiger partial charge in [-0.15, -0.1) is 12.4 Å². The molecule has 1 fully saturated rings. The third-order valence-corrected chi connectivity index (χ3v) is 5.56. The van der Waals surface area contributed by atoms with E-state index in [1.165, 1.54) is 0 Å². The summed E-state index contributed by atoms with van der Waals surface area (Å²) in [6.07, 6.45) is 1.72. The zero-order valence-corrected chi connectivity index (χ0v) is 22.4. The molecule has 3 rings (SSSR count). The van der Waals surface area contributed by atoms with Crippen LogP contribution in [0.4, 0.5) is 0 Å². The Labute approximate surface area is 228 Å². The number of benzene rings is 2. The molecule has 0 N–H and O–H groups in total. The van der Waals surface area contributed by atoms with E-state index in [1.54, 1.807) is 0 Å². The minimum atomic E-state index is 0. The lowest BCUT2D eigenvalue weighted by Crippen LogP contribution is -2.46. The van der Waals surface area contributed by atoms with Crippen LogP contribution in [0.25, 0.3) is 0 Å². The van der Waals surface area contributed by atoms with E-state index >= 15 is 0 Å². The predicted octanol–water partition coefficient (Wildman–Crippen LogP) is 4.00. The van der Waals surface area contributed by atoms with Crippen LogP contribution in [0.2, 0.25) is 0 Å². The van der Waals surface area contributed by atoms with Crippen LogP contribution in [-0.2, 0) is 9.47 Å². The number of piperazine rings is 1. The van der Waals surface area contributed by atoms with Gasteiger partial charge in [0.2, 0.25) is 0 Å². The lowest BCUT2D eigenvalue weighted by Gasteiger charge is -2.32. The molecular weight excluding hydrogens is 488 g/mol. The Kier molecular flexibility index (Phi) is 16.8. The highest BCUT2D eigenvalue weighted by Gasteiger charge is 2.14. The molecule has 0 unspecified atom stereocenters. The first kappa shape index (κ1) is 30.5. The molecule has 0 aromatic heterocycles. The molecule has 1 saturated heterocycles. The molecule has 0 amide bonds. The molecule has 200 valence electrons. The summed E-state index contributed by atoms with van der Waals surface area (Å²) in [7, 11) is 0. The molecule has 0 aliphatic carbocycles. The molecule has 0 spiro atoms. The van der Waals surface area contributed by atoms with E-state index in [0.29, 0.717) is 39.6 Å². The van der Waals surface area contributed by atoms with Gasteiger partial charge in [0.15, 0.2) is 0 Å². The number of hydrogen-bond donors (Lipinski definition) is 0. The smallest absolute Gasteiger partial charge is 0.119 e. The first-order valence-corrected chi connectivity index (χ1v) is 12.8. The van der Waals surface area contributed by atoms with E-state index < -0.39 is 0 Å². The molecule has 0 bridgehead atoms. The minimum absolute atomic E-state index is 0. The Bertz CT molecular complexity index is 866. The number of para-hydroxylation sites is 2. The zero-order valence-electron chi connectivity index (χ0n) is 21.6. The summed E-state index contributed by atoms with van der Waals surface area (Å²) in [6, 6.07) is 19.7. The molecule has 1 aliphatic heterocycles. The van der Waals surface area contributed by atoms with Crippen LogP contribution in [-0.4, -0.2) is 88.7 Å². The van der Waals surface area contributed by atoms with Gasteiger partial charge in [0.05, 0.1) is 39.5 Å². The van der Waals surface area contributed by atoms with E-state index in [-0.39, 0.29) is 12.4 Å². The third-order valence-electron chi connectivity index (χ3n) is 5.56. The topological polar surface area (TPSA) is 43.4 Å². The molecule has 2 aromatic rings. The van der Waals surface area contributed by atoms with Crippen molar-refractivity contribution in [3.05, 3.63) is 60.7 Å². The van der Waals surface area contributed by atoms with Crippen molar-refractivity contribution >= 4 is 12.4 Å². The highest BCUT2D eigenvalue weighted by atomic mass is 35.5. The second-order valence-corrected chi connectivity index (χ2v) is 8.39. The van der Waals surface area contributed by atoms with Gasteiger partial charge in [0.1, 0.15) is 24.7 Å². The Morgan fingerprint density at radius 3 is 1.35 bits per heavy atom. The maximum absolute atomic E-state index is 5.64. The Morgan fingerprint density at radius 2 is 0.946 bits per heavy atom. The van der Waals surface area contributed by atoms with Gasteiger partial charge in [-0.05, 0) is 24.3 Å². The molecule has 37 heavy (non-hydrogen) atoms. The van der Waals surface area contributed by atoms with E-state index in [1.807, 2.05) is 60.7 Å². The van der Waals surface area contributed by atoms with Crippen molar-refractivity contribution in [2.24, 2.45) is 0 Å². The van der Waals surface area contributed by atoms with Crippen molar-refractivity contribution in [3.63, 3.8) is 0 Å². The normalized spacial score (nSPS) is 13.4. The lowest BCUT2D eigenvalue weighted by molar-refractivity contribution is 0.145. The SMILES string of the molecule is C(#CCN1CCN(CC#CCOCCCOc2ccccc2)CC1)COCCCOc1ccccc1.Cl. The van der Waals surface area contributed by atoms with Crippen molar-refractivity contribution in [2.75, 3.05) is 78.9 Å². The summed E-state index contributed by atoms with van der Waals surface area (Å²) in [4.78, 5) is 4.76. The van der Waals surface area contributed by atoms with Gasteiger partial charge in [0, 0.05) is 39.0 Å². The van der Waals surface area contributed by atoms with Crippen molar-refractivity contribution < 1.29 is 18.9 Å². The monoisotopic (exact) mass is 526 g/mol. The first-order chi connectivity index (χ1) is 17.9. The van der Waals surface area contributed by atoms with Gasteiger partial charge >= 0.3 is 0 Å². The Morgan fingerprint density at radius 1 is 0.541 bits per heavy atom. The molecule has 0 saturated carbocycles. The van der Waals surface area contributed by atoms with Crippen LogP contribution >= 0.6 is 12.4 Å². The zero-order chi connectivity index (χ0) is 24.9. The fraction of sp³-hybridized carbons (Fsp3) is 0.467. The molecule has 2 aromatic carbocycles.